The zero-order valence-electron chi connectivity index (χ0n) is 11.4. The molecule has 0 aliphatic rings. The summed E-state index contributed by atoms with van der Waals surface area (Å²) in [5, 5.41) is 0. The van der Waals surface area contributed by atoms with E-state index in [0.29, 0.717) is 22.4 Å². The Bertz CT molecular complexity index is 1000. The minimum absolute atomic E-state index is 0.398. The van der Waals surface area contributed by atoms with Crippen LogP contribution in [0.3, 0.4) is 0 Å². The van der Waals surface area contributed by atoms with Crippen LogP contribution in [0.15, 0.2) is 54.7 Å². The van der Waals surface area contributed by atoms with Crippen molar-refractivity contribution in [2.75, 3.05) is 5.73 Å². The summed E-state index contributed by atoms with van der Waals surface area (Å²) in [7, 11) is 0. The maximum absolute atomic E-state index is 13.5. The predicted molar refractivity (Wildman–Crippen MR) is 82.5 cm³/mol. The Kier molecular flexibility index (Phi) is 2.63. The minimum Gasteiger partial charge on any atom is -0.399 e. The Morgan fingerprint density at radius 3 is 2.41 bits per heavy atom. The van der Waals surface area contributed by atoms with Crippen LogP contribution in [0.25, 0.3) is 27.8 Å². The SMILES string of the molecule is Nc1ccc(-c2nc3cc(F)c(F)cc3n3cccc23)cc1. The molecule has 0 aliphatic heterocycles. The number of rotatable bonds is 1. The van der Waals surface area contributed by atoms with Gasteiger partial charge in [0.25, 0.3) is 0 Å². The first-order valence-electron chi connectivity index (χ1n) is 6.75. The van der Waals surface area contributed by atoms with E-state index < -0.39 is 11.6 Å². The van der Waals surface area contributed by atoms with E-state index in [1.807, 2.05) is 24.3 Å². The Hall–Kier alpha value is -2.95. The van der Waals surface area contributed by atoms with Crippen LogP contribution in [0, 0.1) is 11.6 Å². The van der Waals surface area contributed by atoms with E-state index in [4.69, 9.17) is 5.73 Å². The number of nitrogen functional groups attached to an aromatic ring is 1. The van der Waals surface area contributed by atoms with Crippen LogP contribution in [-0.4, -0.2) is 9.38 Å². The lowest BCUT2D eigenvalue weighted by atomic mass is 10.1. The monoisotopic (exact) mass is 295 g/mol. The topological polar surface area (TPSA) is 43.3 Å². The van der Waals surface area contributed by atoms with Crippen molar-refractivity contribution in [3.63, 3.8) is 0 Å². The molecular weight excluding hydrogens is 284 g/mol. The number of aromatic nitrogens is 2. The second-order valence-corrected chi connectivity index (χ2v) is 5.10. The van der Waals surface area contributed by atoms with Crippen LogP contribution in [-0.2, 0) is 0 Å². The van der Waals surface area contributed by atoms with Crippen LogP contribution >= 0.6 is 0 Å². The van der Waals surface area contributed by atoms with Crippen LogP contribution < -0.4 is 5.73 Å². The predicted octanol–water partition coefficient (Wildman–Crippen LogP) is 4.01. The Morgan fingerprint density at radius 2 is 1.64 bits per heavy atom. The van der Waals surface area contributed by atoms with Crippen molar-refractivity contribution in [3.8, 4) is 11.3 Å². The molecule has 2 heterocycles. The van der Waals surface area contributed by atoms with E-state index in [1.165, 1.54) is 0 Å². The number of halogens is 2. The number of hydrogen-bond donors (Lipinski definition) is 1. The number of benzene rings is 2. The first-order chi connectivity index (χ1) is 10.6. The molecule has 0 bridgehead atoms. The molecule has 0 amide bonds. The molecule has 4 rings (SSSR count). The molecule has 0 unspecified atom stereocenters. The summed E-state index contributed by atoms with van der Waals surface area (Å²) in [6.07, 6.45) is 1.80. The van der Waals surface area contributed by atoms with Gasteiger partial charge in [0.05, 0.1) is 22.2 Å². The van der Waals surface area contributed by atoms with Gasteiger partial charge in [0, 0.05) is 29.6 Å². The highest BCUT2D eigenvalue weighted by Gasteiger charge is 2.13. The fraction of sp³-hybridized carbons (Fsp3) is 0. The largest absolute Gasteiger partial charge is 0.399 e. The van der Waals surface area contributed by atoms with E-state index in [2.05, 4.69) is 4.98 Å². The third kappa shape index (κ3) is 1.83. The van der Waals surface area contributed by atoms with Gasteiger partial charge in [-0.05, 0) is 24.3 Å². The molecule has 0 atom stereocenters. The minimum atomic E-state index is -0.908. The van der Waals surface area contributed by atoms with Gasteiger partial charge in [-0.3, -0.25) is 0 Å². The van der Waals surface area contributed by atoms with Gasteiger partial charge in [0.2, 0.25) is 0 Å². The quantitative estimate of drug-likeness (QED) is 0.539. The maximum Gasteiger partial charge on any atom is 0.161 e. The molecule has 2 N–H and O–H groups in total. The number of anilines is 1. The van der Waals surface area contributed by atoms with Crippen LogP contribution in [0.1, 0.15) is 0 Å². The lowest BCUT2D eigenvalue weighted by Gasteiger charge is -2.09. The summed E-state index contributed by atoms with van der Waals surface area (Å²) in [5.41, 5.74) is 9.67. The number of fused-ring (bicyclic) bond motifs is 3. The molecule has 0 aliphatic carbocycles. The van der Waals surface area contributed by atoms with Crippen LogP contribution in [0.2, 0.25) is 0 Å². The molecule has 0 radical (unpaired) electrons. The van der Waals surface area contributed by atoms with Crippen molar-refractivity contribution in [1.29, 1.82) is 0 Å². The standard InChI is InChI=1S/C17H11F2N3/c18-12-8-14-16(9-13(12)19)22-7-1-2-15(22)17(21-14)10-3-5-11(20)6-4-10/h1-9H,20H2. The van der Waals surface area contributed by atoms with Gasteiger partial charge >= 0.3 is 0 Å². The zero-order valence-corrected chi connectivity index (χ0v) is 11.4. The van der Waals surface area contributed by atoms with E-state index >= 15 is 0 Å². The first kappa shape index (κ1) is 12.8. The first-order valence-corrected chi connectivity index (χ1v) is 6.75. The van der Waals surface area contributed by atoms with Crippen molar-refractivity contribution < 1.29 is 8.78 Å². The highest BCUT2D eigenvalue weighted by atomic mass is 19.2. The van der Waals surface area contributed by atoms with E-state index in [9.17, 15) is 8.78 Å². The number of nitrogens with zero attached hydrogens (tertiary/aromatic N) is 2. The molecule has 0 spiro atoms. The third-order valence-electron chi connectivity index (χ3n) is 3.68. The molecule has 4 aromatic rings. The normalized spacial score (nSPS) is 11.4. The highest BCUT2D eigenvalue weighted by molar-refractivity contribution is 5.87. The lowest BCUT2D eigenvalue weighted by molar-refractivity contribution is 0.510. The van der Waals surface area contributed by atoms with Gasteiger partial charge in [-0.2, -0.15) is 0 Å². The average molecular weight is 295 g/mol. The molecule has 0 saturated heterocycles. The van der Waals surface area contributed by atoms with Gasteiger partial charge in [0.1, 0.15) is 0 Å². The fourth-order valence-electron chi connectivity index (χ4n) is 2.62. The molecule has 22 heavy (non-hydrogen) atoms. The molecule has 0 fully saturated rings. The summed E-state index contributed by atoms with van der Waals surface area (Å²) < 4.78 is 28.8. The molecule has 5 heteroatoms. The molecule has 108 valence electrons. The van der Waals surface area contributed by atoms with Crippen molar-refractivity contribution in [2.24, 2.45) is 0 Å². The lowest BCUT2D eigenvalue weighted by Crippen LogP contribution is -1.97. The van der Waals surface area contributed by atoms with Crippen LogP contribution in [0.5, 0.6) is 0 Å². The molecule has 2 aromatic heterocycles. The number of hydrogen-bond acceptors (Lipinski definition) is 2. The second-order valence-electron chi connectivity index (χ2n) is 5.10. The smallest absolute Gasteiger partial charge is 0.161 e. The molecular formula is C17H11F2N3. The number of nitrogens with two attached hydrogens (primary N) is 1. The van der Waals surface area contributed by atoms with Crippen molar-refractivity contribution >= 4 is 22.2 Å². The van der Waals surface area contributed by atoms with Crippen molar-refractivity contribution in [1.82, 2.24) is 9.38 Å². The third-order valence-corrected chi connectivity index (χ3v) is 3.68. The summed E-state index contributed by atoms with van der Waals surface area (Å²) >= 11 is 0. The van der Waals surface area contributed by atoms with E-state index in [0.717, 1.165) is 23.2 Å². The van der Waals surface area contributed by atoms with E-state index in [-0.39, 0.29) is 0 Å². The van der Waals surface area contributed by atoms with Crippen LogP contribution in [0.4, 0.5) is 14.5 Å². The second kappa shape index (κ2) is 4.53. The van der Waals surface area contributed by atoms with Gasteiger partial charge in [-0.15, -0.1) is 0 Å². The Labute approximate surface area is 124 Å². The summed E-state index contributed by atoms with van der Waals surface area (Å²) in [6, 6.07) is 13.3. The molecule has 0 saturated carbocycles. The average Bonchev–Trinajstić information content (AvgIpc) is 2.99. The fourth-order valence-corrected chi connectivity index (χ4v) is 2.62. The van der Waals surface area contributed by atoms with Crippen molar-refractivity contribution in [3.05, 3.63) is 66.4 Å². The molecule has 3 nitrogen and oxygen atoms in total. The maximum atomic E-state index is 13.5. The highest BCUT2D eigenvalue weighted by Crippen LogP contribution is 2.28. The summed E-state index contributed by atoms with van der Waals surface area (Å²) in [4.78, 5) is 4.51. The van der Waals surface area contributed by atoms with Crippen molar-refractivity contribution in [2.45, 2.75) is 0 Å². The summed E-state index contributed by atoms with van der Waals surface area (Å²) in [6.45, 7) is 0. The van der Waals surface area contributed by atoms with Gasteiger partial charge < -0.3 is 10.1 Å². The van der Waals surface area contributed by atoms with Gasteiger partial charge in [-0.25, -0.2) is 13.8 Å². The zero-order chi connectivity index (χ0) is 15.3. The van der Waals surface area contributed by atoms with E-state index in [1.54, 1.807) is 22.7 Å². The molecule has 2 aromatic carbocycles. The Morgan fingerprint density at radius 1 is 0.909 bits per heavy atom. The summed E-state index contributed by atoms with van der Waals surface area (Å²) in [5.74, 6) is -1.79. The Balaban J connectivity index is 2.11. The van der Waals surface area contributed by atoms with Gasteiger partial charge in [0.15, 0.2) is 11.6 Å². The van der Waals surface area contributed by atoms with Gasteiger partial charge in [-0.1, -0.05) is 12.1 Å².